The minimum atomic E-state index is 0.487. The normalized spacial score (nSPS) is 17.3. The fraction of sp³-hybridized carbons (Fsp3) is 0.630. The first kappa shape index (κ1) is 27.5. The number of piperazine rings is 1. The maximum atomic E-state index is 6.11. The third kappa shape index (κ3) is 9.39. The molecule has 2 aromatic rings. The first-order chi connectivity index (χ1) is 18.2. The standard InChI is InChI=1S/C27H44N8O2/c1-2-36-17-14-34-10-12-35(13-11-34)26-20-25(28)31-27(32-26)30-22-24-6-4-23(5-7-24)21-29-8-3-9-33-15-18-37-19-16-33/h4-7,20,29H,2-3,8-19,21-22H2,1H3,(H3,28,30,31,32). The van der Waals surface area contributed by atoms with Gasteiger partial charge in [-0.1, -0.05) is 24.3 Å². The average molecular weight is 513 g/mol. The van der Waals surface area contributed by atoms with Crippen LogP contribution in [0.1, 0.15) is 24.5 Å². The topological polar surface area (TPSA) is 104 Å². The molecule has 0 radical (unpaired) electrons. The molecule has 0 spiro atoms. The minimum Gasteiger partial charge on any atom is -0.383 e. The predicted octanol–water partition coefficient (Wildman–Crippen LogP) is 1.64. The molecule has 2 aliphatic heterocycles. The van der Waals surface area contributed by atoms with Gasteiger partial charge in [0.2, 0.25) is 5.95 Å². The number of nitrogen functional groups attached to an aromatic ring is 1. The molecule has 1 aromatic heterocycles. The van der Waals surface area contributed by atoms with Gasteiger partial charge in [-0.2, -0.15) is 9.97 Å². The van der Waals surface area contributed by atoms with E-state index in [1.165, 1.54) is 11.1 Å². The Labute approximate surface area is 221 Å². The van der Waals surface area contributed by atoms with E-state index in [4.69, 9.17) is 20.2 Å². The SMILES string of the molecule is CCOCCN1CCN(c2cc(N)nc(NCc3ccc(CNCCCN4CCOCC4)cc3)n2)CC1. The summed E-state index contributed by atoms with van der Waals surface area (Å²) in [7, 11) is 0. The maximum Gasteiger partial charge on any atom is 0.226 e. The highest BCUT2D eigenvalue weighted by Gasteiger charge is 2.19. The summed E-state index contributed by atoms with van der Waals surface area (Å²) < 4.78 is 10.9. The monoisotopic (exact) mass is 512 g/mol. The highest BCUT2D eigenvalue weighted by molar-refractivity contribution is 5.52. The van der Waals surface area contributed by atoms with Crippen molar-refractivity contribution in [2.24, 2.45) is 0 Å². The summed E-state index contributed by atoms with van der Waals surface area (Å²) >= 11 is 0. The van der Waals surface area contributed by atoms with Crippen molar-refractivity contribution in [3.63, 3.8) is 0 Å². The Morgan fingerprint density at radius 2 is 1.62 bits per heavy atom. The van der Waals surface area contributed by atoms with Crippen molar-refractivity contribution in [1.29, 1.82) is 0 Å². The van der Waals surface area contributed by atoms with Crippen molar-refractivity contribution in [1.82, 2.24) is 25.1 Å². The number of benzene rings is 1. The molecule has 0 amide bonds. The Morgan fingerprint density at radius 3 is 2.35 bits per heavy atom. The van der Waals surface area contributed by atoms with Crippen LogP contribution in [0.2, 0.25) is 0 Å². The molecule has 0 unspecified atom stereocenters. The summed E-state index contributed by atoms with van der Waals surface area (Å²) in [5.74, 6) is 1.94. The van der Waals surface area contributed by atoms with Crippen molar-refractivity contribution in [2.45, 2.75) is 26.4 Å². The van der Waals surface area contributed by atoms with Gasteiger partial charge >= 0.3 is 0 Å². The van der Waals surface area contributed by atoms with Gasteiger partial charge in [-0.05, 0) is 37.6 Å². The zero-order chi connectivity index (χ0) is 25.7. The average Bonchev–Trinajstić information content (AvgIpc) is 2.93. The van der Waals surface area contributed by atoms with Gasteiger partial charge < -0.3 is 30.7 Å². The van der Waals surface area contributed by atoms with Crippen LogP contribution in [0.15, 0.2) is 30.3 Å². The van der Waals surface area contributed by atoms with Crippen LogP contribution >= 0.6 is 0 Å². The smallest absolute Gasteiger partial charge is 0.226 e. The molecule has 0 bridgehead atoms. The Balaban J connectivity index is 1.17. The Morgan fingerprint density at radius 1 is 0.919 bits per heavy atom. The minimum absolute atomic E-state index is 0.487. The van der Waals surface area contributed by atoms with Crippen molar-refractivity contribution in [3.05, 3.63) is 41.5 Å². The molecule has 3 heterocycles. The number of nitrogens with one attached hydrogen (secondary N) is 2. The molecule has 0 aliphatic carbocycles. The number of nitrogens with two attached hydrogens (primary N) is 1. The largest absolute Gasteiger partial charge is 0.383 e. The third-order valence-corrected chi connectivity index (χ3v) is 6.92. The van der Waals surface area contributed by atoms with Gasteiger partial charge in [0.25, 0.3) is 0 Å². The third-order valence-electron chi connectivity index (χ3n) is 6.92. The summed E-state index contributed by atoms with van der Waals surface area (Å²) in [5, 5.41) is 6.91. The highest BCUT2D eigenvalue weighted by atomic mass is 16.5. The van der Waals surface area contributed by atoms with Crippen molar-refractivity contribution < 1.29 is 9.47 Å². The molecule has 2 aliphatic rings. The summed E-state index contributed by atoms with van der Waals surface area (Å²) in [6.45, 7) is 16.0. The second-order valence-electron chi connectivity index (χ2n) is 9.65. The van der Waals surface area contributed by atoms with Crippen LogP contribution < -0.4 is 21.3 Å². The van der Waals surface area contributed by atoms with Crippen LogP contribution in [0.5, 0.6) is 0 Å². The van der Waals surface area contributed by atoms with E-state index in [0.29, 0.717) is 18.3 Å². The maximum absolute atomic E-state index is 6.11. The highest BCUT2D eigenvalue weighted by Crippen LogP contribution is 2.19. The number of nitrogens with zero attached hydrogens (tertiary/aromatic N) is 5. The van der Waals surface area contributed by atoms with Crippen molar-refractivity contribution in [2.75, 3.05) is 101 Å². The summed E-state index contributed by atoms with van der Waals surface area (Å²) in [6.07, 6.45) is 1.16. The van der Waals surface area contributed by atoms with Gasteiger partial charge in [-0.15, -0.1) is 0 Å². The van der Waals surface area contributed by atoms with Crippen LogP contribution in [-0.4, -0.2) is 105 Å². The number of anilines is 3. The van der Waals surface area contributed by atoms with E-state index in [2.05, 4.69) is 54.6 Å². The fourth-order valence-electron chi connectivity index (χ4n) is 4.67. The van der Waals surface area contributed by atoms with Crippen LogP contribution in [0.4, 0.5) is 17.6 Å². The van der Waals surface area contributed by atoms with Gasteiger partial charge in [0.15, 0.2) is 0 Å². The molecule has 37 heavy (non-hydrogen) atoms. The molecule has 10 nitrogen and oxygen atoms in total. The van der Waals surface area contributed by atoms with E-state index in [0.717, 1.165) is 104 Å². The zero-order valence-electron chi connectivity index (χ0n) is 22.3. The second-order valence-corrected chi connectivity index (χ2v) is 9.65. The molecule has 0 saturated carbocycles. The number of morpholine rings is 1. The van der Waals surface area contributed by atoms with Crippen molar-refractivity contribution in [3.8, 4) is 0 Å². The second kappa shape index (κ2) is 15.0. The molecule has 4 N–H and O–H groups in total. The molecule has 10 heteroatoms. The first-order valence-electron chi connectivity index (χ1n) is 13.7. The lowest BCUT2D eigenvalue weighted by Crippen LogP contribution is -2.47. The van der Waals surface area contributed by atoms with Gasteiger partial charge in [-0.3, -0.25) is 9.80 Å². The molecule has 1 aromatic carbocycles. The number of hydrogen-bond donors (Lipinski definition) is 3. The first-order valence-corrected chi connectivity index (χ1v) is 13.7. The lowest BCUT2D eigenvalue weighted by Gasteiger charge is -2.35. The van der Waals surface area contributed by atoms with E-state index in [1.807, 2.05) is 13.0 Å². The molecule has 2 fully saturated rings. The van der Waals surface area contributed by atoms with E-state index < -0.39 is 0 Å². The summed E-state index contributed by atoms with van der Waals surface area (Å²) in [4.78, 5) is 16.3. The molecular weight excluding hydrogens is 468 g/mol. The molecule has 204 valence electrons. The van der Waals surface area contributed by atoms with Gasteiger partial charge in [0, 0.05) is 71.6 Å². The number of ether oxygens (including phenoxy) is 2. The Hall–Kier alpha value is -2.50. The molecule has 4 rings (SSSR count). The van der Waals surface area contributed by atoms with Gasteiger partial charge in [-0.25, -0.2) is 0 Å². The zero-order valence-corrected chi connectivity index (χ0v) is 22.3. The van der Waals surface area contributed by atoms with Gasteiger partial charge in [0.1, 0.15) is 11.6 Å². The Bertz CT molecular complexity index is 915. The molecule has 2 saturated heterocycles. The van der Waals surface area contributed by atoms with Crippen LogP contribution in [-0.2, 0) is 22.6 Å². The predicted molar refractivity (Wildman–Crippen MR) is 149 cm³/mol. The van der Waals surface area contributed by atoms with E-state index in [-0.39, 0.29) is 0 Å². The molecular formula is C27H44N8O2. The lowest BCUT2D eigenvalue weighted by atomic mass is 10.1. The number of hydrogen-bond acceptors (Lipinski definition) is 10. The summed E-state index contributed by atoms with van der Waals surface area (Å²) in [5.41, 5.74) is 8.59. The quantitative estimate of drug-likeness (QED) is 0.324. The van der Waals surface area contributed by atoms with Crippen molar-refractivity contribution >= 4 is 17.6 Å². The number of aromatic nitrogens is 2. The van der Waals surface area contributed by atoms with Crippen LogP contribution in [0.3, 0.4) is 0 Å². The fourth-order valence-corrected chi connectivity index (χ4v) is 4.67. The summed E-state index contributed by atoms with van der Waals surface area (Å²) in [6, 6.07) is 10.5. The lowest BCUT2D eigenvalue weighted by molar-refractivity contribution is 0.0374. The van der Waals surface area contributed by atoms with Crippen LogP contribution in [0.25, 0.3) is 0 Å². The molecule has 0 atom stereocenters. The number of rotatable bonds is 14. The van der Waals surface area contributed by atoms with E-state index in [9.17, 15) is 0 Å². The van der Waals surface area contributed by atoms with E-state index in [1.54, 1.807) is 0 Å². The van der Waals surface area contributed by atoms with E-state index >= 15 is 0 Å². The van der Waals surface area contributed by atoms with Crippen LogP contribution in [0, 0.1) is 0 Å². The Kier molecular flexibility index (Phi) is 11.2. The van der Waals surface area contributed by atoms with Gasteiger partial charge in [0.05, 0.1) is 19.8 Å².